The van der Waals surface area contributed by atoms with Crippen molar-refractivity contribution in [2.75, 3.05) is 33.0 Å². The van der Waals surface area contributed by atoms with E-state index in [1.165, 1.54) is 12.2 Å². The van der Waals surface area contributed by atoms with E-state index in [4.69, 9.17) is 9.84 Å². The molecule has 0 radical (unpaired) electrons. The second kappa shape index (κ2) is 17.1. The van der Waals surface area contributed by atoms with Crippen LogP contribution in [-0.4, -0.2) is 90.4 Å². The molecule has 6 amide bonds. The van der Waals surface area contributed by atoms with Crippen LogP contribution < -0.4 is 21.3 Å². The molecule has 1 heterocycles. The minimum absolute atomic E-state index is 0.132. The van der Waals surface area contributed by atoms with Crippen LogP contribution in [0.3, 0.4) is 0 Å². The number of amides is 6. The predicted octanol–water partition coefficient (Wildman–Crippen LogP) is -1.39. The van der Waals surface area contributed by atoms with Crippen molar-refractivity contribution in [3.8, 4) is 0 Å². The average Bonchev–Trinajstić information content (AvgIpc) is 3.25. The van der Waals surface area contributed by atoms with Crippen molar-refractivity contribution in [2.45, 2.75) is 38.1 Å². The molecule has 1 atom stereocenters. The van der Waals surface area contributed by atoms with Crippen LogP contribution in [-0.2, 0) is 44.7 Å². The number of carbonyl (C=O) groups is 7. The molecule has 0 spiro atoms. The summed E-state index contributed by atoms with van der Waals surface area (Å²) < 4.78 is 4.70. The van der Waals surface area contributed by atoms with Crippen molar-refractivity contribution < 1.29 is 43.4 Å². The van der Waals surface area contributed by atoms with E-state index in [0.717, 1.165) is 10.5 Å². The summed E-state index contributed by atoms with van der Waals surface area (Å²) in [5, 5.41) is 18.3. The first kappa shape index (κ1) is 31.6. The van der Waals surface area contributed by atoms with Crippen LogP contribution in [0.4, 0.5) is 0 Å². The molecule has 0 fully saturated rings. The minimum atomic E-state index is -1.19. The lowest BCUT2D eigenvalue weighted by Crippen LogP contribution is -2.52. The average molecular weight is 560 g/mol. The number of nitrogens with one attached hydrogen (secondary N) is 4. The largest absolute Gasteiger partial charge is 0.480 e. The third-order valence-corrected chi connectivity index (χ3v) is 5.59. The maximum Gasteiger partial charge on any atom is 0.329 e. The number of nitrogens with zero attached hydrogens (tertiary/aromatic N) is 1. The molecule has 0 bridgehead atoms. The van der Waals surface area contributed by atoms with E-state index >= 15 is 0 Å². The number of carboxylic acid groups (broad SMARTS) is 1. The van der Waals surface area contributed by atoms with E-state index in [2.05, 4.69) is 21.3 Å². The lowest BCUT2D eigenvalue weighted by Gasteiger charge is -2.19. The number of imide groups is 1. The van der Waals surface area contributed by atoms with Crippen LogP contribution in [0.5, 0.6) is 0 Å². The van der Waals surface area contributed by atoms with Gasteiger partial charge in [0.15, 0.2) is 0 Å². The van der Waals surface area contributed by atoms with Crippen molar-refractivity contribution in [3.63, 3.8) is 0 Å². The molecule has 0 aliphatic carbocycles. The first-order valence-electron chi connectivity index (χ1n) is 12.6. The van der Waals surface area contributed by atoms with Crippen LogP contribution in [0.15, 0.2) is 42.5 Å². The van der Waals surface area contributed by atoms with Gasteiger partial charge in [-0.3, -0.25) is 33.7 Å². The SMILES string of the molecule is O=C(O)COCNC(=O)CNC(=O)[C@H](Cc1ccccc1)NC(=O)CNC(=O)CCCCCN1C(=O)C=CC1=O. The van der Waals surface area contributed by atoms with Crippen LogP contribution in [0.2, 0.25) is 0 Å². The van der Waals surface area contributed by atoms with Gasteiger partial charge in [-0.1, -0.05) is 36.8 Å². The Bertz CT molecular complexity index is 1090. The zero-order valence-electron chi connectivity index (χ0n) is 21.9. The lowest BCUT2D eigenvalue weighted by atomic mass is 10.1. The number of unbranched alkanes of at least 4 members (excludes halogenated alkanes) is 2. The maximum atomic E-state index is 12.7. The minimum Gasteiger partial charge on any atom is -0.480 e. The van der Waals surface area contributed by atoms with Gasteiger partial charge in [-0.05, 0) is 18.4 Å². The topological polar surface area (TPSA) is 200 Å². The van der Waals surface area contributed by atoms with Crippen molar-refractivity contribution in [3.05, 3.63) is 48.0 Å². The van der Waals surface area contributed by atoms with Gasteiger partial charge < -0.3 is 31.1 Å². The van der Waals surface area contributed by atoms with Crippen molar-refractivity contribution >= 4 is 41.4 Å². The number of carbonyl (C=O) groups excluding carboxylic acids is 6. The second-order valence-electron chi connectivity index (χ2n) is 8.76. The molecule has 1 aliphatic heterocycles. The lowest BCUT2D eigenvalue weighted by molar-refractivity contribution is -0.143. The van der Waals surface area contributed by atoms with Crippen LogP contribution >= 0.6 is 0 Å². The van der Waals surface area contributed by atoms with Crippen molar-refractivity contribution in [1.82, 2.24) is 26.2 Å². The van der Waals surface area contributed by atoms with Crippen molar-refractivity contribution in [1.29, 1.82) is 0 Å². The molecular weight excluding hydrogens is 526 g/mol. The Morgan fingerprint density at radius 3 is 2.17 bits per heavy atom. The Morgan fingerprint density at radius 2 is 1.50 bits per heavy atom. The summed E-state index contributed by atoms with van der Waals surface area (Å²) in [4.78, 5) is 83.8. The van der Waals surface area contributed by atoms with E-state index in [9.17, 15) is 33.6 Å². The molecule has 14 heteroatoms. The highest BCUT2D eigenvalue weighted by molar-refractivity contribution is 6.12. The number of hydrogen-bond acceptors (Lipinski definition) is 8. The summed E-state index contributed by atoms with van der Waals surface area (Å²) in [6, 6.07) is 7.85. The predicted molar refractivity (Wildman–Crippen MR) is 139 cm³/mol. The number of carboxylic acids is 1. The number of ether oxygens (including phenoxy) is 1. The molecule has 0 aromatic heterocycles. The first-order valence-corrected chi connectivity index (χ1v) is 12.6. The zero-order valence-corrected chi connectivity index (χ0v) is 21.9. The fourth-order valence-electron chi connectivity index (χ4n) is 3.58. The highest BCUT2D eigenvalue weighted by Crippen LogP contribution is 2.08. The number of aliphatic carboxylic acids is 1. The molecular formula is C26H33N5O9. The summed E-state index contributed by atoms with van der Waals surface area (Å²) in [7, 11) is 0. The maximum absolute atomic E-state index is 12.7. The van der Waals surface area contributed by atoms with E-state index < -0.39 is 42.9 Å². The smallest absolute Gasteiger partial charge is 0.329 e. The van der Waals surface area contributed by atoms with Gasteiger partial charge in [0, 0.05) is 31.5 Å². The van der Waals surface area contributed by atoms with Gasteiger partial charge in [-0.15, -0.1) is 0 Å². The molecule has 14 nitrogen and oxygen atoms in total. The molecule has 5 N–H and O–H groups in total. The van der Waals surface area contributed by atoms with Gasteiger partial charge in [-0.25, -0.2) is 4.79 Å². The van der Waals surface area contributed by atoms with Crippen LogP contribution in [0, 0.1) is 0 Å². The van der Waals surface area contributed by atoms with Gasteiger partial charge in [0.1, 0.15) is 19.4 Å². The van der Waals surface area contributed by atoms with Gasteiger partial charge in [0.25, 0.3) is 11.8 Å². The molecule has 1 aliphatic rings. The van der Waals surface area contributed by atoms with Crippen molar-refractivity contribution in [2.24, 2.45) is 0 Å². The second-order valence-corrected chi connectivity index (χ2v) is 8.76. The molecule has 1 aromatic carbocycles. The Kier molecular flexibility index (Phi) is 13.5. The Balaban J connectivity index is 1.73. The third kappa shape index (κ3) is 12.3. The Labute approximate surface area is 230 Å². The molecule has 0 saturated heterocycles. The highest BCUT2D eigenvalue weighted by Gasteiger charge is 2.23. The van der Waals surface area contributed by atoms with Gasteiger partial charge in [0.05, 0.1) is 13.1 Å². The monoisotopic (exact) mass is 559 g/mol. The standard InChI is InChI=1S/C26H33N5O9/c32-20(9-5-2-6-12-31-23(35)10-11-24(31)36)27-15-22(34)30-19(13-18-7-3-1-4-8-18)26(39)28-14-21(33)29-17-40-16-25(37)38/h1,3-4,7-8,10-11,19H,2,5-6,9,12-17H2,(H,27,32)(H,28,39)(H,29,33)(H,30,34)(H,37,38)/t19-/m0/s1. The fourth-order valence-corrected chi connectivity index (χ4v) is 3.58. The molecule has 40 heavy (non-hydrogen) atoms. The zero-order chi connectivity index (χ0) is 29.3. The van der Waals surface area contributed by atoms with Gasteiger partial charge in [0.2, 0.25) is 23.6 Å². The summed E-state index contributed by atoms with van der Waals surface area (Å²) in [5.41, 5.74) is 0.756. The number of rotatable bonds is 18. The van der Waals surface area contributed by atoms with Gasteiger partial charge >= 0.3 is 5.97 Å². The van der Waals surface area contributed by atoms with Crippen LogP contribution in [0.1, 0.15) is 31.2 Å². The number of hydrogen-bond donors (Lipinski definition) is 5. The fraction of sp³-hybridized carbons (Fsp3) is 0.423. The molecule has 0 saturated carbocycles. The van der Waals surface area contributed by atoms with E-state index in [0.29, 0.717) is 19.3 Å². The number of benzene rings is 1. The summed E-state index contributed by atoms with van der Waals surface area (Å²) in [6.07, 6.45) is 4.37. The Morgan fingerprint density at radius 1 is 0.825 bits per heavy atom. The summed E-state index contributed by atoms with van der Waals surface area (Å²) >= 11 is 0. The third-order valence-electron chi connectivity index (χ3n) is 5.59. The summed E-state index contributed by atoms with van der Waals surface area (Å²) in [5.74, 6) is -4.11. The normalized spacial score (nSPS) is 13.1. The van der Waals surface area contributed by atoms with Crippen LogP contribution in [0.25, 0.3) is 0 Å². The summed E-state index contributed by atoms with van der Waals surface area (Å²) in [6.45, 7) is -1.44. The van der Waals surface area contributed by atoms with E-state index in [1.54, 1.807) is 30.3 Å². The highest BCUT2D eigenvalue weighted by atomic mass is 16.5. The van der Waals surface area contributed by atoms with E-state index in [-0.39, 0.29) is 50.4 Å². The molecule has 216 valence electrons. The van der Waals surface area contributed by atoms with E-state index in [1.807, 2.05) is 0 Å². The quantitative estimate of drug-likeness (QED) is 0.0815. The molecule has 1 aromatic rings. The Hall–Kier alpha value is -4.59. The molecule has 2 rings (SSSR count). The first-order chi connectivity index (χ1) is 19.2. The van der Waals surface area contributed by atoms with Gasteiger partial charge in [-0.2, -0.15) is 0 Å². The molecule has 0 unspecified atom stereocenters.